The zero-order chi connectivity index (χ0) is 19.6. The average Bonchev–Trinajstić information content (AvgIpc) is 2.64. The molecule has 0 aliphatic heterocycles. The Bertz CT molecular complexity index is 259. The molecular formula is C20H46O2S2Si2. The normalized spacial score (nSPS) is 14.3. The van der Waals surface area contributed by atoms with Crippen LogP contribution in [-0.2, 0) is 9.47 Å². The van der Waals surface area contributed by atoms with Gasteiger partial charge in [-0.25, -0.2) is 0 Å². The van der Waals surface area contributed by atoms with Crippen molar-refractivity contribution in [2.45, 2.75) is 114 Å². The Kier molecular flexibility index (Phi) is 20.2. The van der Waals surface area contributed by atoms with Crippen LogP contribution >= 0.6 is 21.6 Å². The molecule has 0 amide bonds. The Balaban J connectivity index is 4.96. The first kappa shape index (κ1) is 27.1. The lowest BCUT2D eigenvalue weighted by molar-refractivity contribution is 0.152. The summed E-state index contributed by atoms with van der Waals surface area (Å²) < 4.78 is 12.8. The number of rotatable bonds is 19. The van der Waals surface area contributed by atoms with Gasteiger partial charge in [-0.2, -0.15) is 0 Å². The van der Waals surface area contributed by atoms with Gasteiger partial charge in [0.25, 0.3) is 0 Å². The van der Waals surface area contributed by atoms with Gasteiger partial charge in [0.05, 0.1) is 27.7 Å². The van der Waals surface area contributed by atoms with Gasteiger partial charge in [-0.15, -0.1) is 0 Å². The number of hydrogen-bond donors (Lipinski definition) is 0. The minimum absolute atomic E-state index is 0.463. The molecule has 0 spiro atoms. The molecule has 0 bridgehead atoms. The van der Waals surface area contributed by atoms with Crippen molar-refractivity contribution in [1.82, 2.24) is 0 Å². The topological polar surface area (TPSA) is 18.5 Å². The number of hydrogen-bond acceptors (Lipinski definition) is 4. The van der Waals surface area contributed by atoms with E-state index in [2.05, 4.69) is 63.1 Å². The van der Waals surface area contributed by atoms with Gasteiger partial charge in [-0.3, -0.25) is 0 Å². The van der Waals surface area contributed by atoms with Crippen LogP contribution in [0.3, 0.4) is 0 Å². The molecule has 0 saturated carbocycles. The van der Waals surface area contributed by atoms with E-state index in [0.29, 0.717) is 10.1 Å². The summed E-state index contributed by atoms with van der Waals surface area (Å²) in [5.41, 5.74) is 0. The van der Waals surface area contributed by atoms with Crippen LogP contribution in [0.15, 0.2) is 0 Å². The molecule has 0 aromatic carbocycles. The summed E-state index contributed by atoms with van der Waals surface area (Å²) in [5.74, 6) is 0. The summed E-state index contributed by atoms with van der Waals surface area (Å²) in [6, 6.07) is 5.67. The smallest absolute Gasteiger partial charge is 0.0980 e. The van der Waals surface area contributed by atoms with Gasteiger partial charge in [0.15, 0.2) is 0 Å². The average molecular weight is 439 g/mol. The molecule has 0 aliphatic rings. The molecule has 2 atom stereocenters. The highest BCUT2D eigenvalue weighted by Crippen LogP contribution is 2.38. The van der Waals surface area contributed by atoms with Crippen LogP contribution in [0.4, 0.5) is 0 Å². The number of ether oxygens (including phenoxy) is 2. The minimum atomic E-state index is -0.850. The minimum Gasteiger partial charge on any atom is -0.371 e. The van der Waals surface area contributed by atoms with E-state index < -0.39 is 17.6 Å². The van der Waals surface area contributed by atoms with Crippen molar-refractivity contribution in [3.63, 3.8) is 0 Å². The van der Waals surface area contributed by atoms with Gasteiger partial charge in [0, 0.05) is 13.2 Å². The van der Waals surface area contributed by atoms with Gasteiger partial charge in [-0.05, 0) is 12.8 Å². The highest BCUT2D eigenvalue weighted by molar-refractivity contribution is 8.77. The highest BCUT2D eigenvalue weighted by Gasteiger charge is 2.28. The third kappa shape index (κ3) is 12.5. The first-order chi connectivity index (χ1) is 12.7. The van der Waals surface area contributed by atoms with Crippen LogP contribution < -0.4 is 0 Å². The van der Waals surface area contributed by atoms with Gasteiger partial charge < -0.3 is 9.47 Å². The lowest BCUT2D eigenvalue weighted by atomic mass is 10.5. The highest BCUT2D eigenvalue weighted by atomic mass is 33.1. The summed E-state index contributed by atoms with van der Waals surface area (Å²) in [7, 11) is 2.41. The quantitative estimate of drug-likeness (QED) is 0.122. The largest absolute Gasteiger partial charge is 0.371 e. The lowest BCUT2D eigenvalue weighted by Gasteiger charge is -2.29. The Morgan fingerprint density at radius 2 is 0.846 bits per heavy atom. The predicted octanol–water partition coefficient (Wildman–Crippen LogP) is 7.05. The first-order valence-electron chi connectivity index (χ1n) is 11.2. The molecule has 26 heavy (non-hydrogen) atoms. The maximum atomic E-state index is 6.38. The Hall–Kier alpha value is 1.05. The molecule has 2 unspecified atom stereocenters. The fourth-order valence-electron chi connectivity index (χ4n) is 3.38. The van der Waals surface area contributed by atoms with Crippen LogP contribution in [0.2, 0.25) is 24.2 Å². The van der Waals surface area contributed by atoms with E-state index in [-0.39, 0.29) is 0 Å². The Morgan fingerprint density at radius 1 is 0.538 bits per heavy atom. The standard InChI is InChI=1S/C20H46O2S2Si2/c1-7-13-21-19(25(15-9-3)16-10-4)23-24-20(22-14-8-2)26(17-11-5)18-12-6/h19-20,25-26H,7-18H2,1-6H3. The van der Waals surface area contributed by atoms with Crippen molar-refractivity contribution in [1.29, 1.82) is 0 Å². The summed E-state index contributed by atoms with van der Waals surface area (Å²) >= 11 is 0. The Labute approximate surface area is 176 Å². The van der Waals surface area contributed by atoms with Crippen molar-refractivity contribution in [2.75, 3.05) is 13.2 Å². The molecule has 0 radical (unpaired) electrons. The molecule has 2 nitrogen and oxygen atoms in total. The van der Waals surface area contributed by atoms with Crippen molar-refractivity contribution in [2.24, 2.45) is 0 Å². The summed E-state index contributed by atoms with van der Waals surface area (Å²) in [4.78, 5) is 0. The van der Waals surface area contributed by atoms with Crippen molar-refractivity contribution in [3.8, 4) is 0 Å². The predicted molar refractivity (Wildman–Crippen MR) is 130 cm³/mol. The van der Waals surface area contributed by atoms with Crippen molar-refractivity contribution < 1.29 is 9.47 Å². The van der Waals surface area contributed by atoms with E-state index in [9.17, 15) is 0 Å². The van der Waals surface area contributed by atoms with Crippen LogP contribution in [-0.4, -0.2) is 40.9 Å². The van der Waals surface area contributed by atoms with Gasteiger partial charge in [0.2, 0.25) is 0 Å². The maximum Gasteiger partial charge on any atom is 0.0980 e. The van der Waals surface area contributed by atoms with E-state index in [1.54, 1.807) is 0 Å². The molecule has 0 saturated heterocycles. The Morgan fingerprint density at radius 3 is 1.08 bits per heavy atom. The monoisotopic (exact) mass is 438 g/mol. The van der Waals surface area contributed by atoms with Crippen molar-refractivity contribution in [3.05, 3.63) is 0 Å². The van der Waals surface area contributed by atoms with Crippen LogP contribution in [0.5, 0.6) is 0 Å². The second-order valence-electron chi connectivity index (χ2n) is 7.35. The molecule has 0 N–H and O–H groups in total. The zero-order valence-corrected chi connectivity index (χ0v) is 22.4. The molecule has 0 aliphatic carbocycles. The molecule has 158 valence electrons. The molecular weight excluding hydrogens is 393 g/mol. The summed E-state index contributed by atoms with van der Waals surface area (Å²) in [6.07, 6.45) is 7.50. The first-order valence-corrected chi connectivity index (χ1v) is 18.1. The molecule has 0 heterocycles. The van der Waals surface area contributed by atoms with Crippen molar-refractivity contribution >= 4 is 39.2 Å². The fourth-order valence-corrected chi connectivity index (χ4v) is 17.2. The second-order valence-corrected chi connectivity index (χ2v) is 17.3. The van der Waals surface area contributed by atoms with E-state index in [1.165, 1.54) is 49.9 Å². The SMILES string of the molecule is CCCOC(SSC(OCCC)[SiH](CCC)CCC)[SiH](CCC)CCC. The molecule has 0 rings (SSSR count). The van der Waals surface area contributed by atoms with Crippen LogP contribution in [0.1, 0.15) is 80.1 Å². The van der Waals surface area contributed by atoms with Crippen LogP contribution in [0.25, 0.3) is 0 Å². The zero-order valence-electron chi connectivity index (χ0n) is 18.4. The van der Waals surface area contributed by atoms with E-state index in [1.807, 2.05) is 0 Å². The third-order valence-corrected chi connectivity index (χ3v) is 18.4. The van der Waals surface area contributed by atoms with Crippen LogP contribution in [0, 0.1) is 0 Å². The molecule has 0 fully saturated rings. The van der Waals surface area contributed by atoms with Gasteiger partial charge in [-0.1, -0.05) is 113 Å². The fraction of sp³-hybridized carbons (Fsp3) is 1.00. The van der Waals surface area contributed by atoms with E-state index in [4.69, 9.17) is 9.47 Å². The summed E-state index contributed by atoms with van der Waals surface area (Å²) in [6.45, 7) is 15.6. The molecule has 0 aromatic heterocycles. The summed E-state index contributed by atoms with van der Waals surface area (Å²) in [5, 5.41) is 0.927. The van der Waals surface area contributed by atoms with E-state index in [0.717, 1.165) is 26.1 Å². The van der Waals surface area contributed by atoms with Gasteiger partial charge in [0.1, 0.15) is 0 Å². The maximum absolute atomic E-state index is 6.38. The molecule has 0 aromatic rings. The van der Waals surface area contributed by atoms with Gasteiger partial charge >= 0.3 is 0 Å². The third-order valence-electron chi connectivity index (χ3n) is 4.63. The lowest BCUT2D eigenvalue weighted by Crippen LogP contribution is -2.33. The molecule has 6 heteroatoms. The van der Waals surface area contributed by atoms with E-state index >= 15 is 0 Å². The second kappa shape index (κ2) is 19.4.